The van der Waals surface area contributed by atoms with E-state index in [0.29, 0.717) is 17.9 Å². The molecule has 0 aliphatic carbocycles. The van der Waals surface area contributed by atoms with Gasteiger partial charge in [-0.15, -0.1) is 10.2 Å². The van der Waals surface area contributed by atoms with Crippen molar-refractivity contribution in [1.29, 1.82) is 0 Å². The summed E-state index contributed by atoms with van der Waals surface area (Å²) in [5.74, 6) is 1.51. The summed E-state index contributed by atoms with van der Waals surface area (Å²) in [6.45, 7) is 7.81. The van der Waals surface area contributed by atoms with E-state index in [1.54, 1.807) is 6.08 Å². The minimum Gasteiger partial charge on any atom is -0.490 e. The van der Waals surface area contributed by atoms with E-state index in [-0.39, 0.29) is 0 Å². The molecule has 0 aliphatic rings. The Bertz CT molecular complexity index is 682. The highest BCUT2D eigenvalue weighted by atomic mass is 16.5. The fourth-order valence-corrected chi connectivity index (χ4v) is 1.80. The molecule has 0 fully saturated rings. The number of fused-ring (bicyclic) bond motifs is 1. The van der Waals surface area contributed by atoms with Gasteiger partial charge in [-0.3, -0.25) is 4.40 Å². The zero-order valence-electron chi connectivity index (χ0n) is 11.7. The van der Waals surface area contributed by atoms with E-state index >= 15 is 0 Å². The minimum absolute atomic E-state index is 0.342. The maximum atomic E-state index is 5.91. The Hall–Kier alpha value is -2.56. The number of nitrogens with zero attached hydrogens (tertiary/aromatic N) is 3. The second kappa shape index (κ2) is 6.06. The summed E-state index contributed by atoms with van der Waals surface area (Å²) in [4.78, 5) is 0. The zero-order valence-corrected chi connectivity index (χ0v) is 11.7. The summed E-state index contributed by atoms with van der Waals surface area (Å²) in [5, 5.41) is 8.19. The highest BCUT2D eigenvalue weighted by Gasteiger charge is 2.09. The standard InChI is InChI=1S/C15H18N4O/c1-4-5-6-7-12(3)20-10-14-17-18-15-13(16)8-11(2)9-19(14)15/h4-9H,1,10,16H2,2-3H3/b6-5-,12-7+. The number of aryl methyl sites for hydroxylation is 1. The molecule has 20 heavy (non-hydrogen) atoms. The van der Waals surface area contributed by atoms with Crippen LogP contribution in [0.3, 0.4) is 0 Å². The highest BCUT2D eigenvalue weighted by Crippen LogP contribution is 2.15. The Morgan fingerprint density at radius 2 is 2.25 bits per heavy atom. The average molecular weight is 270 g/mol. The number of ether oxygens (including phenoxy) is 1. The summed E-state index contributed by atoms with van der Waals surface area (Å²) in [6, 6.07) is 1.87. The molecule has 2 aromatic heterocycles. The Morgan fingerprint density at radius 1 is 1.45 bits per heavy atom. The van der Waals surface area contributed by atoms with Gasteiger partial charge in [-0.05, 0) is 31.6 Å². The highest BCUT2D eigenvalue weighted by molar-refractivity contribution is 5.64. The lowest BCUT2D eigenvalue weighted by atomic mass is 10.3. The Labute approximate surface area is 118 Å². The molecule has 2 rings (SSSR count). The second-order valence-electron chi connectivity index (χ2n) is 4.47. The lowest BCUT2D eigenvalue weighted by molar-refractivity contribution is 0.192. The predicted molar refractivity (Wildman–Crippen MR) is 80.0 cm³/mol. The number of nitrogen functional groups attached to an aromatic ring is 1. The fraction of sp³-hybridized carbons (Fsp3) is 0.200. The number of aromatic nitrogens is 3. The molecular weight excluding hydrogens is 252 g/mol. The molecular formula is C15H18N4O. The van der Waals surface area contributed by atoms with E-state index in [1.807, 2.05) is 48.7 Å². The van der Waals surface area contributed by atoms with Gasteiger partial charge in [-0.2, -0.15) is 0 Å². The number of anilines is 1. The molecule has 2 aromatic rings. The molecule has 5 heteroatoms. The van der Waals surface area contributed by atoms with Crippen molar-refractivity contribution in [2.24, 2.45) is 0 Å². The largest absolute Gasteiger partial charge is 0.490 e. The number of pyridine rings is 1. The molecule has 0 atom stereocenters. The van der Waals surface area contributed by atoms with Crippen molar-refractivity contribution in [2.75, 3.05) is 5.73 Å². The molecule has 0 aromatic carbocycles. The zero-order chi connectivity index (χ0) is 14.5. The number of hydrogen-bond acceptors (Lipinski definition) is 4. The minimum atomic E-state index is 0.342. The van der Waals surface area contributed by atoms with Gasteiger partial charge < -0.3 is 10.5 Å². The Kier molecular flexibility index (Phi) is 4.20. The average Bonchev–Trinajstić information content (AvgIpc) is 2.80. The van der Waals surface area contributed by atoms with E-state index < -0.39 is 0 Å². The van der Waals surface area contributed by atoms with Crippen molar-refractivity contribution < 1.29 is 4.74 Å². The van der Waals surface area contributed by atoms with Crippen LogP contribution in [-0.2, 0) is 11.3 Å². The predicted octanol–water partition coefficient (Wildman–Crippen LogP) is 2.78. The number of nitrogens with two attached hydrogens (primary N) is 1. The van der Waals surface area contributed by atoms with Gasteiger partial charge in [0.1, 0.15) is 6.61 Å². The van der Waals surface area contributed by atoms with Crippen molar-refractivity contribution >= 4 is 11.3 Å². The van der Waals surface area contributed by atoms with Crippen LogP contribution >= 0.6 is 0 Å². The van der Waals surface area contributed by atoms with Gasteiger partial charge in [0.2, 0.25) is 0 Å². The van der Waals surface area contributed by atoms with Crippen molar-refractivity contribution in [3.05, 3.63) is 60.3 Å². The van der Waals surface area contributed by atoms with Crippen molar-refractivity contribution in [2.45, 2.75) is 20.5 Å². The first-order chi connectivity index (χ1) is 9.61. The normalized spacial score (nSPS) is 12.2. The smallest absolute Gasteiger partial charge is 0.184 e. The van der Waals surface area contributed by atoms with Gasteiger partial charge >= 0.3 is 0 Å². The maximum absolute atomic E-state index is 5.91. The molecule has 0 aliphatic heterocycles. The third-order valence-corrected chi connectivity index (χ3v) is 2.75. The molecule has 2 heterocycles. The lowest BCUT2D eigenvalue weighted by Crippen LogP contribution is -2.00. The lowest BCUT2D eigenvalue weighted by Gasteiger charge is -2.05. The van der Waals surface area contributed by atoms with Gasteiger partial charge in [0, 0.05) is 6.20 Å². The Balaban J connectivity index is 2.16. The van der Waals surface area contributed by atoms with Crippen LogP contribution in [0.1, 0.15) is 18.3 Å². The first-order valence-electron chi connectivity index (χ1n) is 6.30. The number of rotatable bonds is 5. The second-order valence-corrected chi connectivity index (χ2v) is 4.47. The quantitative estimate of drug-likeness (QED) is 0.670. The van der Waals surface area contributed by atoms with Crippen molar-refractivity contribution in [3.63, 3.8) is 0 Å². The SMILES string of the molecule is C=C/C=C\C=C(/C)OCc1nnc2c(N)cc(C)cn12. The van der Waals surface area contributed by atoms with Crippen molar-refractivity contribution in [3.8, 4) is 0 Å². The molecule has 0 amide bonds. The van der Waals surface area contributed by atoms with Crippen LogP contribution in [0.5, 0.6) is 0 Å². The maximum Gasteiger partial charge on any atom is 0.184 e. The monoisotopic (exact) mass is 270 g/mol. The summed E-state index contributed by atoms with van der Waals surface area (Å²) in [7, 11) is 0. The fourth-order valence-electron chi connectivity index (χ4n) is 1.80. The van der Waals surface area contributed by atoms with Crippen LogP contribution < -0.4 is 5.73 Å². The van der Waals surface area contributed by atoms with Crippen LogP contribution in [-0.4, -0.2) is 14.6 Å². The van der Waals surface area contributed by atoms with Crippen LogP contribution in [0.25, 0.3) is 5.65 Å². The first-order valence-corrected chi connectivity index (χ1v) is 6.30. The Morgan fingerprint density at radius 3 is 3.00 bits per heavy atom. The van der Waals surface area contributed by atoms with E-state index in [2.05, 4.69) is 16.8 Å². The van der Waals surface area contributed by atoms with Gasteiger partial charge in [0.15, 0.2) is 11.5 Å². The molecule has 2 N–H and O–H groups in total. The van der Waals surface area contributed by atoms with Crippen molar-refractivity contribution in [1.82, 2.24) is 14.6 Å². The molecule has 0 unspecified atom stereocenters. The molecule has 0 spiro atoms. The van der Waals surface area contributed by atoms with Gasteiger partial charge in [0.05, 0.1) is 11.4 Å². The van der Waals surface area contributed by atoms with E-state index in [0.717, 1.165) is 17.1 Å². The van der Waals surface area contributed by atoms with Crippen LogP contribution in [0.4, 0.5) is 5.69 Å². The molecule has 0 bridgehead atoms. The number of hydrogen-bond donors (Lipinski definition) is 1. The molecule has 0 saturated heterocycles. The third-order valence-electron chi connectivity index (χ3n) is 2.75. The van der Waals surface area contributed by atoms with Crippen LogP contribution in [0.2, 0.25) is 0 Å². The van der Waals surface area contributed by atoms with E-state index in [1.165, 1.54) is 0 Å². The van der Waals surface area contributed by atoms with E-state index in [9.17, 15) is 0 Å². The third kappa shape index (κ3) is 3.06. The summed E-state index contributed by atoms with van der Waals surface area (Å²) in [5.41, 5.74) is 8.24. The molecule has 104 valence electrons. The van der Waals surface area contributed by atoms with Crippen LogP contribution in [0.15, 0.2) is 48.9 Å². The van der Waals surface area contributed by atoms with Gasteiger partial charge in [0.25, 0.3) is 0 Å². The van der Waals surface area contributed by atoms with Crippen LogP contribution in [0, 0.1) is 6.92 Å². The summed E-state index contributed by atoms with van der Waals surface area (Å²) in [6.07, 6.45) is 9.22. The molecule has 0 saturated carbocycles. The summed E-state index contributed by atoms with van der Waals surface area (Å²) < 4.78 is 7.49. The molecule has 0 radical (unpaired) electrons. The van der Waals surface area contributed by atoms with Gasteiger partial charge in [-0.1, -0.05) is 24.8 Å². The van der Waals surface area contributed by atoms with Gasteiger partial charge in [-0.25, -0.2) is 0 Å². The summed E-state index contributed by atoms with van der Waals surface area (Å²) >= 11 is 0. The first kappa shape index (κ1) is 13.9. The van der Waals surface area contributed by atoms with E-state index in [4.69, 9.17) is 10.5 Å². The number of allylic oxidation sites excluding steroid dienone is 5. The molecule has 5 nitrogen and oxygen atoms in total. The topological polar surface area (TPSA) is 65.4 Å².